The van der Waals surface area contributed by atoms with Crippen molar-refractivity contribution in [3.63, 3.8) is 0 Å². The highest BCUT2D eigenvalue weighted by Gasteiger charge is 2.11. The molecule has 5 nitrogen and oxygen atoms in total. The molecule has 0 heterocycles. The number of hydrogen-bond acceptors (Lipinski definition) is 2. The zero-order valence-electron chi connectivity index (χ0n) is 14.7. The van der Waals surface area contributed by atoms with E-state index in [0.29, 0.717) is 24.1 Å². The lowest BCUT2D eigenvalue weighted by Crippen LogP contribution is -2.40. The summed E-state index contributed by atoms with van der Waals surface area (Å²) in [6.45, 7) is 7.10. The standard InChI is InChI=1S/C17H25ClN4O.HI/c1-13(2)10-19-17(20-11-16(23)21(3)4)22(5)12-14-8-6-7-9-15(14)18;/h6-9H,1,10-12H2,2-5H3,(H,19,20);1H. The van der Waals surface area contributed by atoms with Crippen LogP contribution in [-0.2, 0) is 11.3 Å². The van der Waals surface area contributed by atoms with Crippen LogP contribution in [0.3, 0.4) is 0 Å². The fourth-order valence-corrected chi connectivity index (χ4v) is 1.98. The monoisotopic (exact) mass is 464 g/mol. The van der Waals surface area contributed by atoms with E-state index in [4.69, 9.17) is 11.6 Å². The predicted molar refractivity (Wildman–Crippen MR) is 112 cm³/mol. The van der Waals surface area contributed by atoms with Gasteiger partial charge in [0.1, 0.15) is 6.54 Å². The van der Waals surface area contributed by atoms with Crippen LogP contribution in [0, 0.1) is 0 Å². The molecule has 0 saturated carbocycles. The first-order valence-electron chi connectivity index (χ1n) is 7.38. The van der Waals surface area contributed by atoms with Crippen LogP contribution >= 0.6 is 35.6 Å². The Kier molecular flexibility index (Phi) is 10.7. The summed E-state index contributed by atoms with van der Waals surface area (Å²) in [5, 5.41) is 3.93. The largest absolute Gasteiger partial charge is 0.353 e. The van der Waals surface area contributed by atoms with Crippen molar-refractivity contribution >= 4 is 47.4 Å². The second-order valence-corrected chi connectivity index (χ2v) is 6.09. The third-order valence-corrected chi connectivity index (χ3v) is 3.51. The van der Waals surface area contributed by atoms with Gasteiger partial charge in [-0.25, -0.2) is 4.99 Å². The second kappa shape index (κ2) is 11.3. The molecule has 1 amide bonds. The number of hydrogen-bond donors (Lipinski definition) is 1. The van der Waals surface area contributed by atoms with Gasteiger partial charge >= 0.3 is 0 Å². The molecule has 0 aliphatic rings. The minimum Gasteiger partial charge on any atom is -0.353 e. The van der Waals surface area contributed by atoms with Gasteiger partial charge in [0.05, 0.1) is 0 Å². The van der Waals surface area contributed by atoms with E-state index in [1.165, 1.54) is 4.90 Å². The van der Waals surface area contributed by atoms with Crippen molar-refractivity contribution in [3.05, 3.63) is 47.0 Å². The predicted octanol–water partition coefficient (Wildman–Crippen LogP) is 3.00. The molecule has 134 valence electrons. The molecule has 0 radical (unpaired) electrons. The number of carbonyl (C=O) groups excluding carboxylic acids is 1. The first-order chi connectivity index (χ1) is 10.8. The van der Waals surface area contributed by atoms with Gasteiger partial charge in [-0.3, -0.25) is 4.79 Å². The molecular weight excluding hydrogens is 439 g/mol. The van der Waals surface area contributed by atoms with Crippen molar-refractivity contribution in [1.82, 2.24) is 15.1 Å². The van der Waals surface area contributed by atoms with E-state index in [9.17, 15) is 4.79 Å². The highest BCUT2D eigenvalue weighted by Crippen LogP contribution is 2.16. The van der Waals surface area contributed by atoms with Crippen molar-refractivity contribution in [1.29, 1.82) is 0 Å². The zero-order chi connectivity index (χ0) is 17.4. The third kappa shape index (κ3) is 8.01. The molecular formula is C17H26ClIN4O. The van der Waals surface area contributed by atoms with Crippen LogP contribution in [0.25, 0.3) is 0 Å². The Labute approximate surface area is 166 Å². The minimum atomic E-state index is -0.0502. The lowest BCUT2D eigenvalue weighted by molar-refractivity contribution is -0.127. The van der Waals surface area contributed by atoms with E-state index < -0.39 is 0 Å². The molecule has 0 aromatic heterocycles. The number of aliphatic imine (C=N–C) groups is 1. The van der Waals surface area contributed by atoms with Crippen molar-refractivity contribution in [2.45, 2.75) is 13.5 Å². The summed E-state index contributed by atoms with van der Waals surface area (Å²) < 4.78 is 0. The molecule has 0 bridgehead atoms. The van der Waals surface area contributed by atoms with E-state index >= 15 is 0 Å². The van der Waals surface area contributed by atoms with E-state index in [-0.39, 0.29) is 36.4 Å². The van der Waals surface area contributed by atoms with Crippen molar-refractivity contribution < 1.29 is 4.79 Å². The van der Waals surface area contributed by atoms with Crippen molar-refractivity contribution in [2.24, 2.45) is 4.99 Å². The quantitative estimate of drug-likeness (QED) is 0.305. The maximum Gasteiger partial charge on any atom is 0.243 e. The van der Waals surface area contributed by atoms with Gasteiger partial charge in [0.2, 0.25) is 5.91 Å². The molecule has 1 N–H and O–H groups in total. The minimum absolute atomic E-state index is 0. The van der Waals surface area contributed by atoms with Crippen LogP contribution in [-0.4, -0.2) is 55.9 Å². The molecule has 0 spiro atoms. The molecule has 1 aromatic carbocycles. The molecule has 0 saturated heterocycles. The van der Waals surface area contributed by atoms with Gasteiger partial charge in [0, 0.05) is 39.3 Å². The van der Waals surface area contributed by atoms with E-state index in [1.54, 1.807) is 14.1 Å². The molecule has 1 rings (SSSR count). The maximum atomic E-state index is 11.8. The summed E-state index contributed by atoms with van der Waals surface area (Å²) in [4.78, 5) is 19.6. The highest BCUT2D eigenvalue weighted by molar-refractivity contribution is 14.0. The highest BCUT2D eigenvalue weighted by atomic mass is 127. The first-order valence-corrected chi connectivity index (χ1v) is 7.76. The summed E-state index contributed by atoms with van der Waals surface area (Å²) in [7, 11) is 5.34. The topological polar surface area (TPSA) is 47.9 Å². The van der Waals surface area contributed by atoms with Crippen LogP contribution < -0.4 is 5.32 Å². The lowest BCUT2D eigenvalue weighted by Gasteiger charge is -2.23. The van der Waals surface area contributed by atoms with Gasteiger partial charge in [0.25, 0.3) is 0 Å². The number of benzene rings is 1. The second-order valence-electron chi connectivity index (χ2n) is 5.69. The number of rotatable bonds is 6. The average Bonchev–Trinajstić information content (AvgIpc) is 2.48. The van der Waals surface area contributed by atoms with E-state index in [1.807, 2.05) is 43.1 Å². The molecule has 1 aromatic rings. The maximum absolute atomic E-state index is 11.8. The molecule has 0 aliphatic carbocycles. The van der Waals surface area contributed by atoms with Gasteiger partial charge in [0.15, 0.2) is 5.96 Å². The summed E-state index contributed by atoms with van der Waals surface area (Å²) in [5.41, 5.74) is 1.99. The fraction of sp³-hybridized carbons (Fsp3) is 0.412. The zero-order valence-corrected chi connectivity index (χ0v) is 17.8. The van der Waals surface area contributed by atoms with Crippen molar-refractivity contribution in [3.8, 4) is 0 Å². The van der Waals surface area contributed by atoms with Crippen LogP contribution in [0.5, 0.6) is 0 Å². The van der Waals surface area contributed by atoms with Gasteiger partial charge in [-0.15, -0.1) is 24.0 Å². The smallest absolute Gasteiger partial charge is 0.243 e. The normalized spacial score (nSPS) is 10.6. The number of amides is 1. The van der Waals surface area contributed by atoms with E-state index in [0.717, 1.165) is 11.1 Å². The number of carbonyl (C=O) groups is 1. The molecule has 24 heavy (non-hydrogen) atoms. The van der Waals surface area contributed by atoms with Gasteiger partial charge in [-0.2, -0.15) is 0 Å². The number of guanidine groups is 1. The summed E-state index contributed by atoms with van der Waals surface area (Å²) in [5.74, 6) is 0.592. The Bertz CT molecular complexity index is 590. The van der Waals surface area contributed by atoms with Crippen molar-refractivity contribution in [2.75, 3.05) is 34.2 Å². The number of nitrogens with one attached hydrogen (secondary N) is 1. The molecule has 0 aliphatic heterocycles. The SMILES string of the molecule is C=C(C)CNC(=NCC(=O)N(C)C)N(C)Cc1ccccc1Cl.I. The summed E-state index contributed by atoms with van der Waals surface area (Å²) >= 11 is 6.21. The van der Waals surface area contributed by atoms with Gasteiger partial charge in [-0.05, 0) is 18.6 Å². The van der Waals surface area contributed by atoms with E-state index in [2.05, 4.69) is 16.9 Å². The summed E-state index contributed by atoms with van der Waals surface area (Å²) in [6.07, 6.45) is 0. The van der Waals surface area contributed by atoms with Crippen LogP contribution in [0.15, 0.2) is 41.4 Å². The Hall–Kier alpha value is -1.28. The molecule has 0 atom stereocenters. The van der Waals surface area contributed by atoms with Crippen LogP contribution in [0.2, 0.25) is 5.02 Å². The Morgan fingerprint density at radius 1 is 1.29 bits per heavy atom. The fourth-order valence-electron chi connectivity index (χ4n) is 1.78. The first kappa shape index (κ1) is 22.7. The Morgan fingerprint density at radius 3 is 2.46 bits per heavy atom. The van der Waals surface area contributed by atoms with Gasteiger partial charge in [-0.1, -0.05) is 42.0 Å². The van der Waals surface area contributed by atoms with Crippen LogP contribution in [0.4, 0.5) is 0 Å². The number of halogens is 2. The summed E-state index contributed by atoms with van der Waals surface area (Å²) in [6, 6.07) is 7.68. The van der Waals surface area contributed by atoms with Gasteiger partial charge < -0.3 is 15.1 Å². The third-order valence-electron chi connectivity index (χ3n) is 3.14. The Balaban J connectivity index is 0.00000529. The van der Waals surface area contributed by atoms with Crippen LogP contribution in [0.1, 0.15) is 12.5 Å². The number of nitrogens with zero attached hydrogens (tertiary/aromatic N) is 3. The molecule has 0 fully saturated rings. The molecule has 0 unspecified atom stereocenters. The number of likely N-dealkylation sites (N-methyl/N-ethyl adjacent to an activating group) is 1. The molecule has 7 heteroatoms. The average molecular weight is 465 g/mol. The Morgan fingerprint density at radius 2 is 1.92 bits per heavy atom. The lowest BCUT2D eigenvalue weighted by atomic mass is 10.2.